The summed E-state index contributed by atoms with van der Waals surface area (Å²) in [6.45, 7) is 7.38. The Morgan fingerprint density at radius 2 is 1.93 bits per heavy atom. The quantitative estimate of drug-likeness (QED) is 0.372. The first kappa shape index (κ1) is 23.8. The van der Waals surface area contributed by atoms with Crippen LogP contribution in [0.25, 0.3) is 11.2 Å². The van der Waals surface area contributed by atoms with Crippen LogP contribution in [0.5, 0.6) is 0 Å². The maximum Gasteiger partial charge on any atom is 0.326 e. The molecule has 2 heterocycles. The Morgan fingerprint density at radius 1 is 1.30 bits per heavy atom. The first-order valence-corrected chi connectivity index (χ1v) is 9.95. The van der Waals surface area contributed by atoms with Crippen LogP contribution in [-0.2, 0) is 21.0 Å². The number of aliphatic hydroxyl groups excluding tert-OH is 1. The first-order valence-electron chi connectivity index (χ1n) is 9.95. The van der Waals surface area contributed by atoms with Gasteiger partial charge in [-0.1, -0.05) is 27.7 Å². The second-order valence-corrected chi connectivity index (χ2v) is 8.39. The SMILES string of the molecule is CC(C)CC(N)(CC(C)C)C(=O)OCC(CO)OCn1cnc2c(=O)[nH]c(N)nc21. The highest BCUT2D eigenvalue weighted by atomic mass is 16.6. The number of hydrogen-bond donors (Lipinski definition) is 4. The number of nitrogens with two attached hydrogens (primary N) is 2. The number of H-pyrrole nitrogens is 1. The minimum atomic E-state index is -1.09. The fourth-order valence-electron chi connectivity index (χ4n) is 3.42. The third-order valence-electron chi connectivity index (χ3n) is 4.50. The molecule has 30 heavy (non-hydrogen) atoms. The smallest absolute Gasteiger partial charge is 0.326 e. The molecule has 2 rings (SSSR count). The van der Waals surface area contributed by atoms with Gasteiger partial charge in [-0.05, 0) is 24.7 Å². The van der Waals surface area contributed by atoms with E-state index in [0.717, 1.165) is 0 Å². The molecule has 1 unspecified atom stereocenters. The van der Waals surface area contributed by atoms with Gasteiger partial charge in [-0.2, -0.15) is 4.98 Å². The molecule has 0 amide bonds. The molecule has 0 fully saturated rings. The number of aromatic nitrogens is 4. The van der Waals surface area contributed by atoms with Crippen molar-refractivity contribution in [2.75, 3.05) is 18.9 Å². The molecular formula is C19H32N6O5. The van der Waals surface area contributed by atoms with Crippen molar-refractivity contribution in [3.63, 3.8) is 0 Å². The standard InChI is InChI=1S/C19H32N6O5/c1-11(2)5-19(21,6-12(3)4)17(28)29-8-13(7-26)30-10-25-9-22-14-15(25)23-18(20)24-16(14)27/h9,11-13,26H,5-8,10,21H2,1-4H3,(H3,20,23,24,27). The number of anilines is 1. The minimum absolute atomic E-state index is 0.0449. The van der Waals surface area contributed by atoms with Gasteiger partial charge in [-0.3, -0.25) is 19.1 Å². The molecule has 1 atom stereocenters. The molecule has 2 aromatic heterocycles. The molecule has 0 saturated carbocycles. The number of nitrogens with zero attached hydrogens (tertiary/aromatic N) is 3. The molecule has 0 aliphatic heterocycles. The molecule has 0 aliphatic rings. The highest BCUT2D eigenvalue weighted by molar-refractivity contribution is 5.80. The zero-order valence-corrected chi connectivity index (χ0v) is 17.9. The van der Waals surface area contributed by atoms with E-state index in [0.29, 0.717) is 12.8 Å². The number of aliphatic hydroxyl groups is 1. The van der Waals surface area contributed by atoms with Crippen LogP contribution in [0.4, 0.5) is 5.95 Å². The van der Waals surface area contributed by atoms with Crippen molar-refractivity contribution in [2.24, 2.45) is 17.6 Å². The summed E-state index contributed by atoms with van der Waals surface area (Å²) in [5.41, 5.74) is 10.8. The summed E-state index contributed by atoms with van der Waals surface area (Å²) in [7, 11) is 0. The van der Waals surface area contributed by atoms with Crippen LogP contribution in [0.2, 0.25) is 0 Å². The highest BCUT2D eigenvalue weighted by Gasteiger charge is 2.37. The Labute approximate surface area is 174 Å². The number of esters is 1. The van der Waals surface area contributed by atoms with Crippen LogP contribution < -0.4 is 17.0 Å². The fourth-order valence-corrected chi connectivity index (χ4v) is 3.42. The van der Waals surface area contributed by atoms with Crippen molar-refractivity contribution >= 4 is 23.1 Å². The van der Waals surface area contributed by atoms with Gasteiger partial charge in [0.25, 0.3) is 5.56 Å². The molecule has 6 N–H and O–H groups in total. The van der Waals surface area contributed by atoms with Crippen molar-refractivity contribution in [3.8, 4) is 0 Å². The molecule has 0 saturated heterocycles. The Kier molecular flexibility index (Phi) is 7.93. The maximum atomic E-state index is 12.7. The number of aromatic amines is 1. The van der Waals surface area contributed by atoms with E-state index in [4.69, 9.17) is 20.9 Å². The summed E-state index contributed by atoms with van der Waals surface area (Å²) in [5.74, 6) is -0.106. The average Bonchev–Trinajstić information content (AvgIpc) is 3.03. The molecule has 11 heteroatoms. The van der Waals surface area contributed by atoms with Crippen molar-refractivity contribution in [2.45, 2.75) is 58.9 Å². The van der Waals surface area contributed by atoms with Gasteiger partial charge < -0.3 is 26.0 Å². The number of nitrogens with one attached hydrogen (secondary N) is 1. The number of rotatable bonds is 11. The number of nitrogen functional groups attached to an aromatic ring is 1. The van der Waals surface area contributed by atoms with Gasteiger partial charge in [0.05, 0.1) is 12.9 Å². The zero-order valence-electron chi connectivity index (χ0n) is 17.9. The number of ether oxygens (including phenoxy) is 2. The van der Waals surface area contributed by atoms with Crippen molar-refractivity contribution in [1.29, 1.82) is 0 Å². The van der Waals surface area contributed by atoms with Gasteiger partial charge in [-0.25, -0.2) is 4.98 Å². The van der Waals surface area contributed by atoms with E-state index in [-0.39, 0.29) is 48.9 Å². The van der Waals surface area contributed by atoms with E-state index in [2.05, 4.69) is 15.0 Å². The van der Waals surface area contributed by atoms with Gasteiger partial charge in [0.15, 0.2) is 11.2 Å². The Morgan fingerprint density at radius 3 is 2.50 bits per heavy atom. The lowest BCUT2D eigenvalue weighted by molar-refractivity contribution is -0.158. The van der Waals surface area contributed by atoms with E-state index < -0.39 is 23.2 Å². The van der Waals surface area contributed by atoms with Crippen LogP contribution in [-0.4, -0.2) is 55.5 Å². The third-order valence-corrected chi connectivity index (χ3v) is 4.50. The number of imidazole rings is 1. The van der Waals surface area contributed by atoms with E-state index in [1.165, 1.54) is 10.9 Å². The summed E-state index contributed by atoms with van der Waals surface area (Å²) < 4.78 is 12.5. The average molecular weight is 425 g/mol. The van der Waals surface area contributed by atoms with E-state index in [1.807, 2.05) is 27.7 Å². The minimum Gasteiger partial charge on any atom is -0.461 e. The summed E-state index contributed by atoms with van der Waals surface area (Å²) in [6, 6.07) is 0. The van der Waals surface area contributed by atoms with Crippen molar-refractivity contribution in [3.05, 3.63) is 16.7 Å². The van der Waals surface area contributed by atoms with Crippen LogP contribution in [0.15, 0.2) is 11.1 Å². The van der Waals surface area contributed by atoms with Gasteiger partial charge in [-0.15, -0.1) is 0 Å². The lowest BCUT2D eigenvalue weighted by Gasteiger charge is -2.31. The molecule has 168 valence electrons. The highest BCUT2D eigenvalue weighted by Crippen LogP contribution is 2.24. The zero-order chi connectivity index (χ0) is 22.5. The molecule has 0 bridgehead atoms. The number of fused-ring (bicyclic) bond motifs is 1. The molecule has 0 aromatic carbocycles. The van der Waals surface area contributed by atoms with Crippen LogP contribution in [0, 0.1) is 11.8 Å². The van der Waals surface area contributed by atoms with Crippen molar-refractivity contribution in [1.82, 2.24) is 19.5 Å². The van der Waals surface area contributed by atoms with Gasteiger partial charge >= 0.3 is 5.97 Å². The second kappa shape index (κ2) is 10.0. The molecule has 0 aliphatic carbocycles. The van der Waals surface area contributed by atoms with E-state index >= 15 is 0 Å². The Balaban J connectivity index is 2.00. The van der Waals surface area contributed by atoms with Crippen LogP contribution in [0.3, 0.4) is 0 Å². The van der Waals surface area contributed by atoms with Gasteiger partial charge in [0.1, 0.15) is 25.0 Å². The normalized spacial score (nSPS) is 13.3. The van der Waals surface area contributed by atoms with E-state index in [1.54, 1.807) is 0 Å². The summed E-state index contributed by atoms with van der Waals surface area (Å²) in [5, 5.41) is 9.60. The molecule has 0 spiro atoms. The molecular weight excluding hydrogens is 392 g/mol. The summed E-state index contributed by atoms with van der Waals surface area (Å²) in [4.78, 5) is 34.9. The maximum absolute atomic E-state index is 12.7. The number of carbonyl (C=O) groups is 1. The van der Waals surface area contributed by atoms with Crippen LogP contribution >= 0.6 is 0 Å². The topological polar surface area (TPSA) is 171 Å². The Bertz CT molecular complexity index is 896. The molecule has 11 nitrogen and oxygen atoms in total. The predicted octanol–water partition coefficient (Wildman–Crippen LogP) is 0.370. The van der Waals surface area contributed by atoms with Crippen molar-refractivity contribution < 1.29 is 19.4 Å². The number of carbonyl (C=O) groups excluding carboxylic acids is 1. The van der Waals surface area contributed by atoms with E-state index in [9.17, 15) is 14.7 Å². The Hall–Kier alpha value is -2.50. The second-order valence-electron chi connectivity index (χ2n) is 8.39. The largest absolute Gasteiger partial charge is 0.461 e. The van der Waals surface area contributed by atoms with Crippen LogP contribution in [0.1, 0.15) is 40.5 Å². The van der Waals surface area contributed by atoms with Gasteiger partial charge in [0, 0.05) is 0 Å². The number of hydrogen-bond acceptors (Lipinski definition) is 9. The molecule has 2 aromatic rings. The third kappa shape index (κ3) is 6.00. The summed E-state index contributed by atoms with van der Waals surface area (Å²) >= 11 is 0. The summed E-state index contributed by atoms with van der Waals surface area (Å²) in [6.07, 6.45) is 1.59. The lowest BCUT2D eigenvalue weighted by Crippen LogP contribution is -2.51. The molecule has 0 radical (unpaired) electrons. The predicted molar refractivity (Wildman–Crippen MR) is 111 cm³/mol. The monoisotopic (exact) mass is 424 g/mol. The lowest BCUT2D eigenvalue weighted by atomic mass is 9.83. The van der Waals surface area contributed by atoms with Gasteiger partial charge in [0.2, 0.25) is 5.95 Å². The first-order chi connectivity index (χ1) is 14.1. The fraction of sp³-hybridized carbons (Fsp3) is 0.684.